The number of carbonyl (C=O) groups is 2. The Balaban J connectivity index is 1.32. The normalized spacial score (nSPS) is 21.1. The summed E-state index contributed by atoms with van der Waals surface area (Å²) in [5.41, 5.74) is 0.177. The molecule has 186 valence electrons. The molecule has 13 heteroatoms. The van der Waals surface area contributed by atoms with Crippen LogP contribution < -0.4 is 20.1 Å². The Kier molecular flexibility index (Phi) is 6.60. The molecule has 5 rings (SSSR count). The number of rotatable bonds is 7. The molecular formula is C22H18ClF4N3O5. The van der Waals surface area contributed by atoms with Gasteiger partial charge < -0.3 is 25.2 Å². The van der Waals surface area contributed by atoms with E-state index in [1.807, 2.05) is 0 Å². The van der Waals surface area contributed by atoms with Crippen LogP contribution in [0.15, 0.2) is 47.8 Å². The topological polar surface area (TPSA) is 110 Å². The Labute approximate surface area is 200 Å². The van der Waals surface area contributed by atoms with Crippen LogP contribution in [-0.2, 0) is 4.79 Å². The van der Waals surface area contributed by atoms with E-state index in [1.54, 1.807) is 0 Å². The summed E-state index contributed by atoms with van der Waals surface area (Å²) in [5, 5.41) is 15.8. The first-order valence-corrected chi connectivity index (χ1v) is 10.6. The van der Waals surface area contributed by atoms with Crippen LogP contribution in [0.1, 0.15) is 29.8 Å². The van der Waals surface area contributed by atoms with Crippen LogP contribution in [0.2, 0.25) is 5.02 Å². The number of alkyl halides is 3. The fourth-order valence-electron chi connectivity index (χ4n) is 4.03. The maximum atomic E-state index is 13.5. The van der Waals surface area contributed by atoms with Gasteiger partial charge in [0.25, 0.3) is 11.8 Å². The van der Waals surface area contributed by atoms with Crippen LogP contribution in [0.25, 0.3) is 0 Å². The van der Waals surface area contributed by atoms with Gasteiger partial charge in [-0.1, -0.05) is 11.6 Å². The molecule has 0 radical (unpaired) electrons. The molecule has 1 heterocycles. The fourth-order valence-corrected chi connectivity index (χ4v) is 4.15. The minimum absolute atomic E-state index is 0.0806. The summed E-state index contributed by atoms with van der Waals surface area (Å²) in [7, 11) is 0. The molecule has 0 spiro atoms. The maximum Gasteiger partial charge on any atom is 0.573 e. The molecule has 2 bridgehead atoms. The summed E-state index contributed by atoms with van der Waals surface area (Å²) >= 11 is 5.60. The lowest BCUT2D eigenvalue weighted by Gasteiger charge is -2.51. The summed E-state index contributed by atoms with van der Waals surface area (Å²) in [6, 6.07) is 5.82. The van der Waals surface area contributed by atoms with E-state index in [-0.39, 0.29) is 22.9 Å². The van der Waals surface area contributed by atoms with E-state index in [0.29, 0.717) is 18.5 Å². The first-order valence-electron chi connectivity index (χ1n) is 10.2. The van der Waals surface area contributed by atoms with E-state index in [1.165, 1.54) is 12.1 Å². The van der Waals surface area contributed by atoms with Crippen molar-refractivity contribution in [3.05, 3.63) is 64.3 Å². The summed E-state index contributed by atoms with van der Waals surface area (Å²) < 4.78 is 59.2. The van der Waals surface area contributed by atoms with Crippen LogP contribution in [0, 0.1) is 5.82 Å². The van der Waals surface area contributed by atoms with Crippen molar-refractivity contribution in [1.82, 2.24) is 15.6 Å². The predicted octanol–water partition coefficient (Wildman–Crippen LogP) is 3.25. The molecule has 8 nitrogen and oxygen atoms in total. The molecule has 1 saturated carbocycles. The van der Waals surface area contributed by atoms with Gasteiger partial charge in [0.2, 0.25) is 0 Å². The second-order valence-electron chi connectivity index (χ2n) is 8.16. The van der Waals surface area contributed by atoms with Gasteiger partial charge in [0, 0.05) is 18.2 Å². The number of nitrogens with zero attached hydrogens (tertiary/aromatic N) is 1. The Morgan fingerprint density at radius 2 is 1.91 bits per heavy atom. The van der Waals surface area contributed by atoms with Crippen molar-refractivity contribution in [3.8, 4) is 11.5 Å². The zero-order chi connectivity index (χ0) is 25.4. The largest absolute Gasteiger partial charge is 0.573 e. The number of amides is 2. The van der Waals surface area contributed by atoms with Crippen molar-refractivity contribution in [1.29, 1.82) is 0 Å². The van der Waals surface area contributed by atoms with Crippen molar-refractivity contribution in [2.45, 2.75) is 37.3 Å². The number of benzene rings is 1. The minimum atomic E-state index is -4.87. The standard InChI is InChI=1S/C22H18ClF4N3O5/c23-14-3-1-12(5-15(14)24)34-10-18(32)29-19-11-6-21(7-11,8-17(19)31)30-20(33)16-4-2-13(9-28-16)35-22(25,26)27/h1-5,9,17,31H,6-8,10H2,(H,29,32)(H,30,33). The molecule has 3 aliphatic carbocycles. The highest BCUT2D eigenvalue weighted by Gasteiger charge is 2.50. The van der Waals surface area contributed by atoms with Crippen molar-refractivity contribution in [2.24, 2.45) is 0 Å². The Bertz CT molecular complexity index is 1180. The zero-order valence-electron chi connectivity index (χ0n) is 17.8. The number of hydrogen-bond acceptors (Lipinski definition) is 6. The number of carbonyl (C=O) groups excluding carboxylic acids is 2. The Morgan fingerprint density at radius 1 is 1.20 bits per heavy atom. The Morgan fingerprint density at radius 3 is 2.51 bits per heavy atom. The van der Waals surface area contributed by atoms with E-state index < -0.39 is 48.0 Å². The molecule has 1 unspecified atom stereocenters. The van der Waals surface area contributed by atoms with Gasteiger partial charge in [-0.25, -0.2) is 9.37 Å². The van der Waals surface area contributed by atoms with Gasteiger partial charge in [0.15, 0.2) is 6.61 Å². The molecule has 0 saturated heterocycles. The third-order valence-corrected chi connectivity index (χ3v) is 5.82. The first-order chi connectivity index (χ1) is 16.4. The van der Waals surface area contributed by atoms with Crippen molar-refractivity contribution in [2.75, 3.05) is 6.61 Å². The number of aliphatic hydroxyl groups excluding tert-OH is 1. The summed E-state index contributed by atoms with van der Waals surface area (Å²) in [4.78, 5) is 28.4. The number of aromatic nitrogens is 1. The van der Waals surface area contributed by atoms with Gasteiger partial charge in [-0.3, -0.25) is 9.59 Å². The monoisotopic (exact) mass is 515 g/mol. The van der Waals surface area contributed by atoms with Crippen LogP contribution in [-0.4, -0.2) is 46.5 Å². The van der Waals surface area contributed by atoms with Crippen LogP contribution in [0.4, 0.5) is 17.6 Å². The highest BCUT2D eigenvalue weighted by molar-refractivity contribution is 6.30. The number of halogens is 5. The van der Waals surface area contributed by atoms with Gasteiger partial charge in [-0.15, -0.1) is 13.2 Å². The molecule has 35 heavy (non-hydrogen) atoms. The van der Waals surface area contributed by atoms with E-state index in [4.69, 9.17) is 16.3 Å². The number of hydrogen-bond donors (Lipinski definition) is 3. The predicted molar refractivity (Wildman–Crippen MR) is 113 cm³/mol. The third kappa shape index (κ3) is 5.82. The lowest BCUT2D eigenvalue weighted by Crippen LogP contribution is -2.61. The van der Waals surface area contributed by atoms with Crippen LogP contribution >= 0.6 is 11.6 Å². The SMILES string of the molecule is O=C(COc1ccc(Cl)c(F)c1)NC1=C2CC(NC(=O)c3ccc(OC(F)(F)F)cn3)(C2)CC1O. The molecular weight excluding hydrogens is 498 g/mol. The second kappa shape index (κ2) is 9.34. The molecule has 2 amide bonds. The number of ether oxygens (including phenoxy) is 2. The highest BCUT2D eigenvalue weighted by atomic mass is 35.5. The number of aliphatic hydroxyl groups is 1. The lowest BCUT2D eigenvalue weighted by atomic mass is 9.63. The van der Waals surface area contributed by atoms with Gasteiger partial charge in [-0.05, 0) is 42.7 Å². The van der Waals surface area contributed by atoms with Gasteiger partial charge in [0.05, 0.1) is 22.9 Å². The molecule has 1 aromatic heterocycles. The summed E-state index contributed by atoms with van der Waals surface area (Å²) in [6.07, 6.45) is -4.31. The van der Waals surface area contributed by atoms with Crippen molar-refractivity contribution < 1.29 is 41.7 Å². The number of fused-ring (bicyclic) bond motifs is 2. The fraction of sp³-hybridized carbons (Fsp3) is 0.318. The Hall–Kier alpha value is -3.38. The second-order valence-corrected chi connectivity index (χ2v) is 8.57. The summed E-state index contributed by atoms with van der Waals surface area (Å²) in [5.74, 6) is -2.31. The van der Waals surface area contributed by atoms with Gasteiger partial charge in [0.1, 0.15) is 23.0 Å². The van der Waals surface area contributed by atoms with E-state index in [9.17, 15) is 32.3 Å². The first kappa shape index (κ1) is 24.7. The zero-order valence-corrected chi connectivity index (χ0v) is 18.5. The third-order valence-electron chi connectivity index (χ3n) is 5.52. The molecule has 1 fully saturated rings. The molecule has 0 aliphatic heterocycles. The molecule has 3 aliphatic rings. The van der Waals surface area contributed by atoms with Gasteiger partial charge >= 0.3 is 6.36 Å². The average Bonchev–Trinajstić information content (AvgIpc) is 2.75. The highest BCUT2D eigenvalue weighted by Crippen LogP contribution is 2.48. The van der Waals surface area contributed by atoms with Crippen molar-refractivity contribution >= 4 is 23.4 Å². The van der Waals surface area contributed by atoms with Gasteiger partial charge in [-0.2, -0.15) is 0 Å². The van der Waals surface area contributed by atoms with E-state index in [2.05, 4.69) is 20.4 Å². The smallest absolute Gasteiger partial charge is 0.484 e. The van der Waals surface area contributed by atoms with E-state index in [0.717, 1.165) is 30.0 Å². The quantitative estimate of drug-likeness (QED) is 0.488. The average molecular weight is 516 g/mol. The van der Waals surface area contributed by atoms with Crippen molar-refractivity contribution in [3.63, 3.8) is 0 Å². The molecule has 1 atom stereocenters. The molecule has 1 aromatic carbocycles. The maximum absolute atomic E-state index is 13.5. The summed E-state index contributed by atoms with van der Waals surface area (Å²) in [6.45, 7) is -0.424. The number of pyridine rings is 1. The molecule has 3 N–H and O–H groups in total. The van der Waals surface area contributed by atoms with Crippen LogP contribution in [0.3, 0.4) is 0 Å². The minimum Gasteiger partial charge on any atom is -0.484 e. The lowest BCUT2D eigenvalue weighted by molar-refractivity contribution is -0.274. The van der Waals surface area contributed by atoms with E-state index >= 15 is 0 Å². The molecule has 2 aromatic rings. The van der Waals surface area contributed by atoms with Crippen LogP contribution in [0.5, 0.6) is 11.5 Å². The number of nitrogens with one attached hydrogen (secondary N) is 2.